The molecule has 0 unspecified atom stereocenters. The van der Waals surface area contributed by atoms with Crippen molar-refractivity contribution in [2.75, 3.05) is 0 Å². The van der Waals surface area contributed by atoms with E-state index in [9.17, 15) is 5.11 Å². The van der Waals surface area contributed by atoms with Gasteiger partial charge in [-0.3, -0.25) is 0 Å². The normalized spacial score (nSPS) is 16.9. The van der Waals surface area contributed by atoms with Gasteiger partial charge in [0.1, 0.15) is 5.75 Å². The molecule has 1 fully saturated rings. The molecule has 0 aromatic heterocycles. The number of halogens is 1. The third-order valence-corrected chi connectivity index (χ3v) is 3.95. The fourth-order valence-electron chi connectivity index (χ4n) is 2.65. The highest BCUT2D eigenvalue weighted by atomic mass is 35.5. The second kappa shape index (κ2) is 5.17. The maximum atomic E-state index is 9.85. The molecule has 96 valence electrons. The molecule has 3 heteroatoms. The molecule has 0 heterocycles. The Balaban J connectivity index is 0.00000120. The zero-order valence-corrected chi connectivity index (χ0v) is 11.0. The molecule has 3 rings (SSSR count). The molecule has 0 amide bonds. The van der Waals surface area contributed by atoms with Crippen LogP contribution in [0.1, 0.15) is 30.9 Å². The summed E-state index contributed by atoms with van der Waals surface area (Å²) >= 11 is 0. The number of hydrogen-bond donors (Lipinski definition) is 2. The first kappa shape index (κ1) is 13.2. The van der Waals surface area contributed by atoms with Crippen molar-refractivity contribution in [3.05, 3.63) is 42.0 Å². The minimum absolute atomic E-state index is 0. The van der Waals surface area contributed by atoms with Crippen LogP contribution in [-0.2, 0) is 0 Å². The largest absolute Gasteiger partial charge is 0.507 e. The molecule has 0 bridgehead atoms. The summed E-state index contributed by atoms with van der Waals surface area (Å²) < 4.78 is 0. The maximum Gasteiger partial charge on any atom is 0.123 e. The predicted molar refractivity (Wildman–Crippen MR) is 77.1 cm³/mol. The summed E-state index contributed by atoms with van der Waals surface area (Å²) in [6.07, 6.45) is 3.77. The van der Waals surface area contributed by atoms with Crippen molar-refractivity contribution in [3.8, 4) is 5.75 Å². The Morgan fingerprint density at radius 2 is 1.72 bits per heavy atom. The smallest absolute Gasteiger partial charge is 0.123 e. The molecular formula is C15H18ClNO. The Labute approximate surface area is 113 Å². The van der Waals surface area contributed by atoms with Gasteiger partial charge in [-0.25, -0.2) is 0 Å². The van der Waals surface area contributed by atoms with Crippen molar-refractivity contribution in [3.63, 3.8) is 0 Å². The quantitative estimate of drug-likeness (QED) is 0.866. The predicted octanol–water partition coefficient (Wildman–Crippen LogP) is 3.77. The second-order valence-electron chi connectivity index (χ2n) is 4.94. The fraction of sp³-hybridized carbons (Fsp3) is 0.333. The molecule has 3 N–H and O–H groups in total. The lowest BCUT2D eigenvalue weighted by molar-refractivity contribution is 0.265. The van der Waals surface area contributed by atoms with Gasteiger partial charge in [0.05, 0.1) is 0 Å². The molecule has 2 nitrogen and oxygen atoms in total. The van der Waals surface area contributed by atoms with E-state index in [1.54, 1.807) is 6.07 Å². The third-order valence-electron chi connectivity index (χ3n) is 3.95. The summed E-state index contributed by atoms with van der Waals surface area (Å²) in [5.41, 5.74) is 7.50. The third kappa shape index (κ3) is 2.06. The second-order valence-corrected chi connectivity index (χ2v) is 4.94. The van der Waals surface area contributed by atoms with Crippen LogP contribution in [0.2, 0.25) is 0 Å². The van der Waals surface area contributed by atoms with Crippen LogP contribution in [0.5, 0.6) is 5.75 Å². The minimum atomic E-state index is 0. The Bertz CT molecular complexity index is 551. The zero-order valence-electron chi connectivity index (χ0n) is 10.2. The van der Waals surface area contributed by atoms with Gasteiger partial charge in [0.15, 0.2) is 0 Å². The van der Waals surface area contributed by atoms with Crippen LogP contribution in [0.3, 0.4) is 0 Å². The zero-order chi connectivity index (χ0) is 11.8. The molecule has 2 aromatic carbocycles. The Kier molecular flexibility index (Phi) is 3.79. The Hall–Kier alpha value is -1.25. The van der Waals surface area contributed by atoms with Crippen LogP contribution in [0.25, 0.3) is 10.8 Å². The van der Waals surface area contributed by atoms with Gasteiger partial charge in [0.25, 0.3) is 0 Å². The van der Waals surface area contributed by atoms with Crippen LogP contribution >= 0.6 is 12.4 Å². The van der Waals surface area contributed by atoms with E-state index in [0.717, 1.165) is 10.8 Å². The molecule has 1 aliphatic rings. The van der Waals surface area contributed by atoms with E-state index in [1.807, 2.05) is 30.3 Å². The average Bonchev–Trinajstić information content (AvgIpc) is 2.27. The molecule has 0 spiro atoms. The summed E-state index contributed by atoms with van der Waals surface area (Å²) in [6, 6.07) is 11.8. The van der Waals surface area contributed by atoms with Gasteiger partial charge in [0.2, 0.25) is 0 Å². The monoisotopic (exact) mass is 263 g/mol. The van der Waals surface area contributed by atoms with Gasteiger partial charge < -0.3 is 10.8 Å². The van der Waals surface area contributed by atoms with Crippen molar-refractivity contribution < 1.29 is 5.11 Å². The van der Waals surface area contributed by atoms with E-state index in [0.29, 0.717) is 11.7 Å². The van der Waals surface area contributed by atoms with Gasteiger partial charge in [-0.15, -0.1) is 12.4 Å². The molecule has 1 atom stereocenters. The summed E-state index contributed by atoms with van der Waals surface area (Å²) in [7, 11) is 0. The van der Waals surface area contributed by atoms with Gasteiger partial charge in [-0.05, 0) is 35.8 Å². The van der Waals surface area contributed by atoms with Gasteiger partial charge in [-0.1, -0.05) is 36.8 Å². The molecule has 0 saturated heterocycles. The number of benzene rings is 2. The highest BCUT2D eigenvalue weighted by molar-refractivity contribution is 5.91. The summed E-state index contributed by atoms with van der Waals surface area (Å²) in [4.78, 5) is 0. The van der Waals surface area contributed by atoms with Crippen molar-refractivity contribution in [1.29, 1.82) is 0 Å². The van der Waals surface area contributed by atoms with E-state index < -0.39 is 0 Å². The van der Waals surface area contributed by atoms with Crippen LogP contribution in [-0.4, -0.2) is 5.11 Å². The van der Waals surface area contributed by atoms with Crippen molar-refractivity contribution >= 4 is 23.2 Å². The minimum Gasteiger partial charge on any atom is -0.507 e. The standard InChI is InChI=1S/C15H17NO.ClH/c16-15(10-4-3-5-10)13-8-9-14(17)12-7-2-1-6-11(12)13;/h1-2,6-10,15,17H,3-5,16H2;1H/t15-;/m0./s1. The van der Waals surface area contributed by atoms with Crippen molar-refractivity contribution in [1.82, 2.24) is 0 Å². The number of phenolic OH excluding ortho intramolecular Hbond substituents is 1. The fourth-order valence-corrected chi connectivity index (χ4v) is 2.65. The van der Waals surface area contributed by atoms with Gasteiger partial charge >= 0.3 is 0 Å². The average molecular weight is 264 g/mol. The Morgan fingerprint density at radius 1 is 1.06 bits per heavy atom. The number of rotatable bonds is 2. The molecule has 0 aliphatic heterocycles. The first-order chi connectivity index (χ1) is 8.27. The molecular weight excluding hydrogens is 246 g/mol. The van der Waals surface area contributed by atoms with Crippen LogP contribution in [0, 0.1) is 5.92 Å². The van der Waals surface area contributed by atoms with E-state index in [-0.39, 0.29) is 18.4 Å². The first-order valence-corrected chi connectivity index (χ1v) is 6.23. The molecule has 1 aliphatic carbocycles. The lowest BCUT2D eigenvalue weighted by atomic mass is 9.77. The van der Waals surface area contributed by atoms with Gasteiger partial charge in [-0.2, -0.15) is 0 Å². The molecule has 18 heavy (non-hydrogen) atoms. The summed E-state index contributed by atoms with van der Waals surface area (Å²) in [5.74, 6) is 0.952. The first-order valence-electron chi connectivity index (χ1n) is 6.23. The summed E-state index contributed by atoms with van der Waals surface area (Å²) in [6.45, 7) is 0. The van der Waals surface area contributed by atoms with E-state index >= 15 is 0 Å². The number of fused-ring (bicyclic) bond motifs is 1. The number of phenols is 1. The number of nitrogens with two attached hydrogens (primary N) is 1. The van der Waals surface area contributed by atoms with E-state index in [1.165, 1.54) is 24.8 Å². The number of aromatic hydroxyl groups is 1. The Morgan fingerprint density at radius 3 is 2.33 bits per heavy atom. The topological polar surface area (TPSA) is 46.2 Å². The highest BCUT2D eigenvalue weighted by Crippen LogP contribution is 2.39. The van der Waals surface area contributed by atoms with Crippen LogP contribution in [0.15, 0.2) is 36.4 Å². The lowest BCUT2D eigenvalue weighted by Gasteiger charge is -2.32. The highest BCUT2D eigenvalue weighted by Gasteiger charge is 2.26. The SMILES string of the molecule is Cl.N[C@H](c1ccc(O)c2ccccc12)C1CCC1. The van der Waals surface area contributed by atoms with Crippen LogP contribution in [0.4, 0.5) is 0 Å². The maximum absolute atomic E-state index is 9.85. The van der Waals surface area contributed by atoms with Crippen molar-refractivity contribution in [2.45, 2.75) is 25.3 Å². The van der Waals surface area contributed by atoms with Crippen molar-refractivity contribution in [2.24, 2.45) is 11.7 Å². The van der Waals surface area contributed by atoms with Crippen LogP contribution < -0.4 is 5.73 Å². The summed E-state index contributed by atoms with van der Waals surface area (Å²) in [5, 5.41) is 11.8. The molecule has 0 radical (unpaired) electrons. The molecule has 2 aromatic rings. The number of hydrogen-bond acceptors (Lipinski definition) is 2. The lowest BCUT2D eigenvalue weighted by Crippen LogP contribution is -2.26. The molecule has 1 saturated carbocycles. The van der Waals surface area contributed by atoms with E-state index in [4.69, 9.17) is 5.73 Å². The van der Waals surface area contributed by atoms with E-state index in [2.05, 4.69) is 0 Å². The van der Waals surface area contributed by atoms with Gasteiger partial charge in [0, 0.05) is 11.4 Å².